The smallest absolute Gasteiger partial charge is 0.335 e. The van der Waals surface area contributed by atoms with E-state index in [1.54, 1.807) is 12.1 Å². The first-order chi connectivity index (χ1) is 12.7. The van der Waals surface area contributed by atoms with Gasteiger partial charge in [-0.15, -0.1) is 0 Å². The average molecular weight is 344 g/mol. The zero-order valence-corrected chi connectivity index (χ0v) is 14.2. The van der Waals surface area contributed by atoms with Crippen LogP contribution in [0.4, 0.5) is 11.4 Å². The number of para-hydroxylation sites is 2. The van der Waals surface area contributed by atoms with Gasteiger partial charge < -0.3 is 15.7 Å². The zero-order chi connectivity index (χ0) is 18.2. The molecule has 0 spiro atoms. The lowest BCUT2D eigenvalue weighted by atomic mass is 10.0. The Labute approximate surface area is 152 Å². The van der Waals surface area contributed by atoms with Crippen LogP contribution in [0, 0.1) is 0 Å². The van der Waals surface area contributed by atoms with Gasteiger partial charge in [0.1, 0.15) is 0 Å². The quantitative estimate of drug-likeness (QED) is 0.567. The number of carboxylic acid groups (broad SMARTS) is 1. The Morgan fingerprint density at radius 1 is 0.769 bits per heavy atom. The molecule has 3 aromatic carbocycles. The molecule has 3 aromatic rings. The maximum absolute atomic E-state index is 11.1. The third kappa shape index (κ3) is 4.74. The molecule has 4 heteroatoms. The lowest BCUT2D eigenvalue weighted by Gasteiger charge is -2.12. The van der Waals surface area contributed by atoms with E-state index < -0.39 is 5.97 Å². The lowest BCUT2D eigenvalue weighted by Crippen LogP contribution is -2.06. The van der Waals surface area contributed by atoms with Crippen molar-refractivity contribution < 1.29 is 9.90 Å². The molecule has 0 unspecified atom stereocenters. The van der Waals surface area contributed by atoms with Gasteiger partial charge in [-0.3, -0.25) is 0 Å². The molecule has 0 fully saturated rings. The Balaban J connectivity index is 1.81. The Hall–Kier alpha value is -3.53. The molecule has 0 radical (unpaired) electrons. The molecule has 26 heavy (non-hydrogen) atoms. The minimum absolute atomic E-state index is 0.278. The monoisotopic (exact) mass is 344 g/mol. The van der Waals surface area contributed by atoms with Crippen LogP contribution in [0.25, 0.3) is 5.57 Å². The SMILES string of the molecule is O=C(O)c1ccc(/C(=C\Nc2ccccc2)CNc2ccccc2)cc1. The predicted molar refractivity (Wildman–Crippen MR) is 106 cm³/mol. The highest BCUT2D eigenvalue weighted by Crippen LogP contribution is 2.18. The number of rotatable bonds is 7. The summed E-state index contributed by atoms with van der Waals surface area (Å²) in [4.78, 5) is 11.1. The third-order valence-corrected chi connectivity index (χ3v) is 3.95. The van der Waals surface area contributed by atoms with E-state index in [0.29, 0.717) is 6.54 Å². The van der Waals surface area contributed by atoms with Crippen molar-refractivity contribution in [1.29, 1.82) is 0 Å². The van der Waals surface area contributed by atoms with Gasteiger partial charge in [0, 0.05) is 24.1 Å². The first-order valence-electron chi connectivity index (χ1n) is 8.35. The van der Waals surface area contributed by atoms with Gasteiger partial charge in [-0.25, -0.2) is 4.79 Å². The number of hydrogen-bond acceptors (Lipinski definition) is 3. The summed E-state index contributed by atoms with van der Waals surface area (Å²) in [6.07, 6.45) is 1.95. The topological polar surface area (TPSA) is 61.4 Å². The molecule has 0 atom stereocenters. The van der Waals surface area contributed by atoms with Gasteiger partial charge >= 0.3 is 5.97 Å². The van der Waals surface area contributed by atoms with E-state index in [1.165, 1.54) is 0 Å². The number of carboxylic acids is 1. The van der Waals surface area contributed by atoms with Gasteiger partial charge in [0.15, 0.2) is 0 Å². The van der Waals surface area contributed by atoms with E-state index in [1.807, 2.05) is 79.0 Å². The van der Waals surface area contributed by atoms with Gasteiger partial charge in [-0.2, -0.15) is 0 Å². The fourth-order valence-electron chi connectivity index (χ4n) is 2.52. The maximum Gasteiger partial charge on any atom is 0.335 e. The van der Waals surface area contributed by atoms with E-state index in [2.05, 4.69) is 10.6 Å². The second kappa shape index (κ2) is 8.53. The van der Waals surface area contributed by atoms with Crippen molar-refractivity contribution in [1.82, 2.24) is 0 Å². The number of hydrogen-bond donors (Lipinski definition) is 3. The summed E-state index contributed by atoms with van der Waals surface area (Å²) >= 11 is 0. The average Bonchev–Trinajstić information content (AvgIpc) is 2.70. The molecular formula is C22H20N2O2. The summed E-state index contributed by atoms with van der Waals surface area (Å²) in [5.74, 6) is -0.924. The summed E-state index contributed by atoms with van der Waals surface area (Å²) < 4.78 is 0. The van der Waals surface area contributed by atoms with Crippen LogP contribution in [-0.4, -0.2) is 17.6 Å². The summed E-state index contributed by atoms with van der Waals surface area (Å²) in [7, 11) is 0. The summed E-state index contributed by atoms with van der Waals surface area (Å²) in [5.41, 5.74) is 4.28. The molecular weight excluding hydrogens is 324 g/mol. The Kier molecular flexibility index (Phi) is 5.68. The minimum atomic E-state index is -0.924. The highest BCUT2D eigenvalue weighted by atomic mass is 16.4. The molecule has 0 aliphatic heterocycles. The fraction of sp³-hybridized carbons (Fsp3) is 0.0455. The van der Waals surface area contributed by atoms with Crippen LogP contribution in [0.3, 0.4) is 0 Å². The Morgan fingerprint density at radius 3 is 1.88 bits per heavy atom. The third-order valence-electron chi connectivity index (χ3n) is 3.95. The van der Waals surface area contributed by atoms with Crippen molar-refractivity contribution in [2.24, 2.45) is 0 Å². The molecule has 3 N–H and O–H groups in total. The molecule has 0 saturated carbocycles. The molecule has 3 rings (SSSR count). The number of carbonyl (C=O) groups is 1. The van der Waals surface area contributed by atoms with Crippen molar-refractivity contribution in [2.75, 3.05) is 17.2 Å². The maximum atomic E-state index is 11.1. The number of anilines is 2. The molecule has 4 nitrogen and oxygen atoms in total. The summed E-state index contributed by atoms with van der Waals surface area (Å²) in [5, 5.41) is 15.8. The largest absolute Gasteiger partial charge is 0.478 e. The van der Waals surface area contributed by atoms with Gasteiger partial charge in [-0.05, 0) is 47.5 Å². The molecule has 0 bridgehead atoms. The summed E-state index contributed by atoms with van der Waals surface area (Å²) in [6, 6.07) is 26.8. The fourth-order valence-corrected chi connectivity index (χ4v) is 2.52. The molecule has 0 aromatic heterocycles. The first-order valence-corrected chi connectivity index (χ1v) is 8.35. The normalized spacial score (nSPS) is 11.0. The molecule has 0 aliphatic rings. The molecule has 0 saturated heterocycles. The first kappa shape index (κ1) is 17.3. The van der Waals surface area contributed by atoms with E-state index in [4.69, 9.17) is 5.11 Å². The Bertz CT molecular complexity index is 873. The molecule has 0 heterocycles. The van der Waals surface area contributed by atoms with Gasteiger partial charge in [0.25, 0.3) is 0 Å². The zero-order valence-electron chi connectivity index (χ0n) is 14.2. The van der Waals surface area contributed by atoms with Crippen molar-refractivity contribution in [3.8, 4) is 0 Å². The highest BCUT2D eigenvalue weighted by Gasteiger charge is 2.06. The van der Waals surface area contributed by atoms with E-state index in [-0.39, 0.29) is 5.56 Å². The number of nitrogens with one attached hydrogen (secondary N) is 2. The van der Waals surface area contributed by atoms with Crippen LogP contribution in [0.1, 0.15) is 15.9 Å². The van der Waals surface area contributed by atoms with Crippen LogP contribution < -0.4 is 10.6 Å². The predicted octanol–water partition coefficient (Wildman–Crippen LogP) is 4.95. The lowest BCUT2D eigenvalue weighted by molar-refractivity contribution is 0.0697. The number of benzene rings is 3. The number of aromatic carboxylic acids is 1. The van der Waals surface area contributed by atoms with Gasteiger partial charge in [-0.1, -0.05) is 48.5 Å². The van der Waals surface area contributed by atoms with Gasteiger partial charge in [0.05, 0.1) is 5.56 Å². The molecule has 0 aliphatic carbocycles. The van der Waals surface area contributed by atoms with Crippen LogP contribution in [-0.2, 0) is 0 Å². The van der Waals surface area contributed by atoms with Crippen molar-refractivity contribution in [3.05, 3.63) is 102 Å². The van der Waals surface area contributed by atoms with Crippen LogP contribution in [0.5, 0.6) is 0 Å². The van der Waals surface area contributed by atoms with E-state index >= 15 is 0 Å². The van der Waals surface area contributed by atoms with Crippen LogP contribution >= 0.6 is 0 Å². The second-order valence-electron chi connectivity index (χ2n) is 5.78. The highest BCUT2D eigenvalue weighted by molar-refractivity contribution is 5.88. The Morgan fingerprint density at radius 2 is 1.31 bits per heavy atom. The standard InChI is InChI=1S/C22H20N2O2/c25-22(26)18-13-11-17(12-14-18)19(15-23-20-7-3-1-4-8-20)16-24-21-9-5-2-6-10-21/h1-15,23-24H,16H2,(H,25,26)/b19-15-. The van der Waals surface area contributed by atoms with Gasteiger partial charge in [0.2, 0.25) is 0 Å². The van der Waals surface area contributed by atoms with Crippen LogP contribution in [0.15, 0.2) is 91.1 Å². The van der Waals surface area contributed by atoms with E-state index in [0.717, 1.165) is 22.5 Å². The minimum Gasteiger partial charge on any atom is -0.478 e. The van der Waals surface area contributed by atoms with Crippen molar-refractivity contribution in [3.63, 3.8) is 0 Å². The molecule has 130 valence electrons. The van der Waals surface area contributed by atoms with Crippen molar-refractivity contribution >= 4 is 22.9 Å². The van der Waals surface area contributed by atoms with E-state index in [9.17, 15) is 4.79 Å². The van der Waals surface area contributed by atoms with Crippen molar-refractivity contribution in [2.45, 2.75) is 0 Å². The second-order valence-corrected chi connectivity index (χ2v) is 5.78. The summed E-state index contributed by atoms with van der Waals surface area (Å²) in [6.45, 7) is 0.607. The van der Waals surface area contributed by atoms with Crippen LogP contribution in [0.2, 0.25) is 0 Å². The molecule has 0 amide bonds.